The molecule has 0 amide bonds. The van der Waals surface area contributed by atoms with E-state index in [1.807, 2.05) is 7.11 Å². The van der Waals surface area contributed by atoms with Crippen LogP contribution in [0.3, 0.4) is 0 Å². The quantitative estimate of drug-likeness (QED) is 0.840. The Balaban J connectivity index is 1.85. The zero-order valence-electron chi connectivity index (χ0n) is 10.2. The molecule has 0 radical (unpaired) electrons. The van der Waals surface area contributed by atoms with Crippen LogP contribution in [0.1, 0.15) is 30.4 Å². The lowest BCUT2D eigenvalue weighted by Crippen LogP contribution is -2.36. The van der Waals surface area contributed by atoms with Crippen LogP contribution in [0.5, 0.6) is 0 Å². The molecule has 1 aromatic rings. The van der Waals surface area contributed by atoms with Crippen molar-refractivity contribution in [2.24, 2.45) is 0 Å². The van der Waals surface area contributed by atoms with Crippen LogP contribution in [0.4, 0.5) is 0 Å². The van der Waals surface area contributed by atoms with Crippen LogP contribution in [-0.4, -0.2) is 19.3 Å². The van der Waals surface area contributed by atoms with Crippen LogP contribution < -0.4 is 5.32 Å². The highest BCUT2D eigenvalue weighted by atomic mass is 16.5. The van der Waals surface area contributed by atoms with Gasteiger partial charge in [0.1, 0.15) is 0 Å². The van der Waals surface area contributed by atoms with E-state index in [-0.39, 0.29) is 0 Å². The smallest absolute Gasteiger partial charge is 0.0724 e. The molecule has 1 aromatic carbocycles. The second-order valence-electron chi connectivity index (χ2n) is 4.68. The Labute approximate surface area is 98.0 Å². The van der Waals surface area contributed by atoms with Gasteiger partial charge < -0.3 is 10.1 Å². The van der Waals surface area contributed by atoms with Crippen LogP contribution >= 0.6 is 0 Å². The Morgan fingerprint density at radius 1 is 1.25 bits per heavy atom. The van der Waals surface area contributed by atoms with E-state index in [2.05, 4.69) is 36.5 Å². The fraction of sp³-hybridized carbons (Fsp3) is 0.571. The third-order valence-electron chi connectivity index (χ3n) is 3.44. The van der Waals surface area contributed by atoms with Crippen LogP contribution in [0.15, 0.2) is 24.3 Å². The van der Waals surface area contributed by atoms with E-state index in [1.54, 1.807) is 0 Å². The fourth-order valence-electron chi connectivity index (χ4n) is 2.40. The number of benzene rings is 1. The summed E-state index contributed by atoms with van der Waals surface area (Å²) in [6.45, 7) is 3.07. The fourth-order valence-corrected chi connectivity index (χ4v) is 2.40. The Bertz CT molecular complexity index is 320. The topological polar surface area (TPSA) is 21.3 Å². The molecule has 88 valence electrons. The van der Waals surface area contributed by atoms with E-state index in [1.165, 1.54) is 30.4 Å². The summed E-state index contributed by atoms with van der Waals surface area (Å²) in [5.74, 6) is 0. The van der Waals surface area contributed by atoms with Crippen LogP contribution in [0, 0.1) is 6.92 Å². The van der Waals surface area contributed by atoms with Gasteiger partial charge in [0.25, 0.3) is 0 Å². The zero-order chi connectivity index (χ0) is 11.4. The van der Waals surface area contributed by atoms with E-state index in [0.717, 1.165) is 6.54 Å². The number of nitrogens with one attached hydrogen (secondary N) is 1. The van der Waals surface area contributed by atoms with Gasteiger partial charge in [0.05, 0.1) is 6.10 Å². The van der Waals surface area contributed by atoms with Crippen LogP contribution in [0.25, 0.3) is 0 Å². The molecule has 2 unspecified atom stereocenters. The number of ether oxygens (including phenoxy) is 1. The first-order valence-corrected chi connectivity index (χ1v) is 6.11. The molecule has 2 nitrogen and oxygen atoms in total. The van der Waals surface area contributed by atoms with Crippen molar-refractivity contribution in [2.45, 2.75) is 44.9 Å². The maximum absolute atomic E-state index is 5.47. The normalized spacial score (nSPS) is 24.9. The van der Waals surface area contributed by atoms with E-state index >= 15 is 0 Å². The molecular weight excluding hydrogens is 198 g/mol. The minimum atomic E-state index is 0.408. The van der Waals surface area contributed by atoms with Crippen molar-refractivity contribution >= 4 is 0 Å². The lowest BCUT2D eigenvalue weighted by Gasteiger charge is -2.19. The van der Waals surface area contributed by atoms with Crippen molar-refractivity contribution in [3.63, 3.8) is 0 Å². The first-order chi connectivity index (χ1) is 7.79. The summed E-state index contributed by atoms with van der Waals surface area (Å²) in [6, 6.07) is 9.25. The van der Waals surface area contributed by atoms with Gasteiger partial charge >= 0.3 is 0 Å². The molecule has 1 aliphatic carbocycles. The molecule has 0 spiro atoms. The molecular formula is C14H21NO. The van der Waals surface area contributed by atoms with Crippen LogP contribution in [-0.2, 0) is 11.3 Å². The Kier molecular flexibility index (Phi) is 3.97. The molecule has 1 aliphatic rings. The molecule has 1 saturated carbocycles. The average molecular weight is 219 g/mol. The minimum Gasteiger partial charge on any atom is -0.380 e. The summed E-state index contributed by atoms with van der Waals surface area (Å²) < 4.78 is 5.47. The first-order valence-electron chi connectivity index (χ1n) is 6.11. The van der Waals surface area contributed by atoms with Gasteiger partial charge in [0.2, 0.25) is 0 Å². The van der Waals surface area contributed by atoms with Gasteiger partial charge in [-0.25, -0.2) is 0 Å². The largest absolute Gasteiger partial charge is 0.380 e. The van der Waals surface area contributed by atoms with Crippen LogP contribution in [0.2, 0.25) is 0 Å². The van der Waals surface area contributed by atoms with Gasteiger partial charge in [-0.2, -0.15) is 0 Å². The lowest BCUT2D eigenvalue weighted by molar-refractivity contribution is 0.0847. The Morgan fingerprint density at radius 3 is 2.69 bits per heavy atom. The monoisotopic (exact) mass is 219 g/mol. The highest BCUT2D eigenvalue weighted by Crippen LogP contribution is 2.21. The molecule has 1 fully saturated rings. The van der Waals surface area contributed by atoms with Gasteiger partial charge in [-0.05, 0) is 31.7 Å². The van der Waals surface area contributed by atoms with Gasteiger partial charge in [0.15, 0.2) is 0 Å². The van der Waals surface area contributed by atoms with Crippen molar-refractivity contribution in [1.29, 1.82) is 0 Å². The van der Waals surface area contributed by atoms with Crippen molar-refractivity contribution in [1.82, 2.24) is 5.32 Å². The molecule has 0 bridgehead atoms. The highest BCUT2D eigenvalue weighted by molar-refractivity contribution is 5.21. The third kappa shape index (κ3) is 2.83. The van der Waals surface area contributed by atoms with Gasteiger partial charge in [0, 0.05) is 19.7 Å². The summed E-state index contributed by atoms with van der Waals surface area (Å²) in [6.07, 6.45) is 4.13. The Morgan fingerprint density at radius 2 is 2.00 bits per heavy atom. The Hall–Kier alpha value is -0.860. The number of hydrogen-bond acceptors (Lipinski definition) is 2. The lowest BCUT2D eigenvalue weighted by atomic mass is 10.1. The third-order valence-corrected chi connectivity index (χ3v) is 3.44. The predicted octanol–water partition coefficient (Wildman–Crippen LogP) is 2.65. The molecule has 0 aromatic heterocycles. The summed E-state index contributed by atoms with van der Waals surface area (Å²) in [5, 5.41) is 3.59. The zero-order valence-corrected chi connectivity index (χ0v) is 10.2. The van der Waals surface area contributed by atoms with Crippen molar-refractivity contribution in [3.05, 3.63) is 35.4 Å². The summed E-state index contributed by atoms with van der Waals surface area (Å²) in [4.78, 5) is 0. The second kappa shape index (κ2) is 5.46. The minimum absolute atomic E-state index is 0.408. The molecule has 2 heteroatoms. The van der Waals surface area contributed by atoms with Crippen molar-refractivity contribution < 1.29 is 4.74 Å². The highest BCUT2D eigenvalue weighted by Gasteiger charge is 2.26. The number of methoxy groups -OCH3 is 1. The average Bonchev–Trinajstić information content (AvgIpc) is 2.76. The molecule has 16 heavy (non-hydrogen) atoms. The maximum atomic E-state index is 5.47. The van der Waals surface area contributed by atoms with Gasteiger partial charge in [-0.1, -0.05) is 29.8 Å². The number of rotatable bonds is 4. The predicted molar refractivity (Wildman–Crippen MR) is 66.5 cm³/mol. The second-order valence-corrected chi connectivity index (χ2v) is 4.68. The SMILES string of the molecule is COC1CCCC1NCc1ccc(C)cc1. The first kappa shape index (κ1) is 11.6. The number of hydrogen-bond donors (Lipinski definition) is 1. The van der Waals surface area contributed by atoms with Gasteiger partial charge in [-0.15, -0.1) is 0 Å². The summed E-state index contributed by atoms with van der Waals surface area (Å²) in [5.41, 5.74) is 2.67. The molecule has 1 N–H and O–H groups in total. The molecule has 2 atom stereocenters. The number of aryl methyl sites for hydroxylation is 1. The van der Waals surface area contributed by atoms with E-state index < -0.39 is 0 Å². The van der Waals surface area contributed by atoms with E-state index in [4.69, 9.17) is 4.74 Å². The standard InChI is InChI=1S/C14H21NO/c1-11-6-8-12(9-7-11)10-15-13-4-3-5-14(13)16-2/h6-9,13-15H,3-5,10H2,1-2H3. The summed E-state index contributed by atoms with van der Waals surface area (Å²) >= 11 is 0. The van der Waals surface area contributed by atoms with Crippen molar-refractivity contribution in [3.8, 4) is 0 Å². The van der Waals surface area contributed by atoms with Crippen molar-refractivity contribution in [2.75, 3.05) is 7.11 Å². The molecule has 0 heterocycles. The molecule has 2 rings (SSSR count). The van der Waals surface area contributed by atoms with Gasteiger partial charge in [-0.3, -0.25) is 0 Å². The van der Waals surface area contributed by atoms with E-state index in [9.17, 15) is 0 Å². The van der Waals surface area contributed by atoms with E-state index in [0.29, 0.717) is 12.1 Å². The molecule has 0 saturated heterocycles. The maximum Gasteiger partial charge on any atom is 0.0724 e. The summed E-state index contributed by atoms with van der Waals surface area (Å²) in [7, 11) is 1.82. The molecule has 0 aliphatic heterocycles.